The molecular weight excluding hydrogens is 296 g/mol. The van der Waals surface area contributed by atoms with E-state index in [2.05, 4.69) is 21.3 Å². The fraction of sp³-hybridized carbons (Fsp3) is 0.667. The molecule has 2 unspecified atom stereocenters. The summed E-state index contributed by atoms with van der Waals surface area (Å²) in [7, 11) is 2.96. The van der Waals surface area contributed by atoms with Gasteiger partial charge in [0.05, 0.1) is 0 Å². The first-order valence-corrected chi connectivity index (χ1v) is 7.52. The molecule has 0 heterocycles. The summed E-state index contributed by atoms with van der Waals surface area (Å²) in [4.78, 5) is 45.3. The number of rotatable bonds is 8. The summed E-state index contributed by atoms with van der Waals surface area (Å²) < 4.78 is 0. The van der Waals surface area contributed by atoms with E-state index in [4.69, 9.17) is 0 Å². The summed E-state index contributed by atoms with van der Waals surface area (Å²) in [6.45, 7) is 2.65. The van der Waals surface area contributed by atoms with E-state index in [0.717, 1.165) is 0 Å². The molecule has 0 bridgehead atoms. The lowest BCUT2D eigenvalue weighted by molar-refractivity contribution is -0.127. The Morgan fingerprint density at radius 2 is 1.14 bits per heavy atom. The third-order valence-corrected chi connectivity index (χ3v) is 3.59. The molecule has 9 heteroatoms. The highest BCUT2D eigenvalue weighted by Crippen LogP contribution is 2.06. The van der Waals surface area contributed by atoms with Crippen molar-refractivity contribution >= 4 is 35.4 Å². The van der Waals surface area contributed by atoms with Crippen molar-refractivity contribution in [1.29, 1.82) is 0 Å². The molecule has 0 spiro atoms. The predicted molar refractivity (Wildman–Crippen MR) is 80.7 cm³/mol. The first-order chi connectivity index (χ1) is 9.81. The molecule has 0 aromatic rings. The summed E-state index contributed by atoms with van der Waals surface area (Å²) in [6.07, 6.45) is 0. The molecule has 0 aliphatic rings. The molecule has 4 amide bonds. The predicted octanol–water partition coefficient (Wildman–Crippen LogP) is -1.78. The maximum atomic E-state index is 11.6. The van der Waals surface area contributed by atoms with Gasteiger partial charge in [0, 0.05) is 39.4 Å². The minimum atomic E-state index is -0.680. The van der Waals surface area contributed by atoms with Gasteiger partial charge in [0.2, 0.25) is 23.6 Å². The molecule has 120 valence electrons. The molecule has 4 N–H and O–H groups in total. The van der Waals surface area contributed by atoms with Gasteiger partial charge in [-0.05, 0) is 0 Å². The van der Waals surface area contributed by atoms with E-state index in [0.29, 0.717) is 11.5 Å². The number of nitrogens with one attached hydrogen (secondary N) is 4. The van der Waals surface area contributed by atoms with Crippen LogP contribution in [0.5, 0.6) is 0 Å². The number of thioether (sulfide) groups is 1. The Balaban J connectivity index is 4.49. The summed E-state index contributed by atoms with van der Waals surface area (Å²) >= 11 is 1.29. The third kappa shape index (κ3) is 8.18. The highest BCUT2D eigenvalue weighted by Gasteiger charge is 2.22. The van der Waals surface area contributed by atoms with Crippen molar-refractivity contribution in [3.63, 3.8) is 0 Å². The lowest BCUT2D eigenvalue weighted by Gasteiger charge is -2.19. The number of hydrogen-bond acceptors (Lipinski definition) is 5. The van der Waals surface area contributed by atoms with Crippen LogP contribution in [0.2, 0.25) is 0 Å². The minimum absolute atomic E-state index is 0.298. The molecule has 0 rings (SSSR count). The van der Waals surface area contributed by atoms with Gasteiger partial charge < -0.3 is 21.3 Å². The average molecular weight is 318 g/mol. The molecule has 0 aliphatic heterocycles. The molecule has 21 heavy (non-hydrogen) atoms. The molecule has 0 aromatic carbocycles. The van der Waals surface area contributed by atoms with E-state index < -0.39 is 12.1 Å². The van der Waals surface area contributed by atoms with Gasteiger partial charge in [-0.1, -0.05) is 0 Å². The summed E-state index contributed by atoms with van der Waals surface area (Å²) in [5, 5.41) is 9.97. The number of hydrogen-bond donors (Lipinski definition) is 4. The number of amides is 4. The molecule has 2 atom stereocenters. The topological polar surface area (TPSA) is 116 Å². The van der Waals surface area contributed by atoms with Crippen molar-refractivity contribution in [2.45, 2.75) is 25.9 Å². The fourth-order valence-corrected chi connectivity index (χ4v) is 2.59. The van der Waals surface area contributed by atoms with Gasteiger partial charge >= 0.3 is 0 Å². The van der Waals surface area contributed by atoms with Gasteiger partial charge in [-0.25, -0.2) is 0 Å². The van der Waals surface area contributed by atoms with Gasteiger partial charge in [-0.15, -0.1) is 0 Å². The normalized spacial score (nSPS) is 12.8. The first kappa shape index (κ1) is 19.2. The zero-order valence-electron chi connectivity index (χ0n) is 12.6. The highest BCUT2D eigenvalue weighted by molar-refractivity contribution is 7.99. The van der Waals surface area contributed by atoms with Gasteiger partial charge in [0.15, 0.2) is 0 Å². The maximum Gasteiger partial charge on any atom is 0.243 e. The van der Waals surface area contributed by atoms with Gasteiger partial charge in [-0.2, -0.15) is 11.8 Å². The van der Waals surface area contributed by atoms with Crippen molar-refractivity contribution < 1.29 is 19.2 Å². The smallest absolute Gasteiger partial charge is 0.243 e. The lowest BCUT2D eigenvalue weighted by Crippen LogP contribution is -2.48. The SMILES string of the molecule is CNC(=O)C(CSCC(NC(C)=O)C(=O)NC)NC(C)=O. The van der Waals surface area contributed by atoms with Crippen LogP contribution in [-0.4, -0.2) is 61.3 Å². The lowest BCUT2D eigenvalue weighted by atomic mass is 10.3. The number of carbonyl (C=O) groups excluding carboxylic acids is 4. The molecular formula is C12H22N4O4S. The van der Waals surface area contributed by atoms with Crippen LogP contribution in [0.1, 0.15) is 13.8 Å². The Morgan fingerprint density at radius 1 is 0.810 bits per heavy atom. The minimum Gasteiger partial charge on any atom is -0.357 e. The van der Waals surface area contributed by atoms with Crippen LogP contribution in [0, 0.1) is 0 Å². The van der Waals surface area contributed by atoms with Crippen LogP contribution in [0.4, 0.5) is 0 Å². The Bertz CT molecular complexity index is 367. The van der Waals surface area contributed by atoms with Crippen LogP contribution in [-0.2, 0) is 19.2 Å². The average Bonchev–Trinajstić information content (AvgIpc) is 2.42. The molecule has 0 fully saturated rings. The van der Waals surface area contributed by atoms with Gasteiger partial charge in [0.25, 0.3) is 0 Å². The molecule has 0 radical (unpaired) electrons. The Labute approximate surface area is 128 Å². The zero-order valence-corrected chi connectivity index (χ0v) is 13.4. The van der Waals surface area contributed by atoms with Gasteiger partial charge in [-0.3, -0.25) is 19.2 Å². The molecule has 8 nitrogen and oxygen atoms in total. The van der Waals surface area contributed by atoms with Crippen LogP contribution in [0.25, 0.3) is 0 Å². The number of carbonyl (C=O) groups is 4. The Morgan fingerprint density at radius 3 is 1.38 bits per heavy atom. The first-order valence-electron chi connectivity index (χ1n) is 6.37. The number of likely N-dealkylation sites (N-methyl/N-ethyl adjacent to an activating group) is 2. The standard InChI is InChI=1S/C12H22N4O4S/c1-7(17)15-9(11(19)13-3)5-21-6-10(12(20)14-4)16-8(2)18/h9-10H,5-6H2,1-4H3,(H,13,19)(H,14,20)(H,15,17)(H,16,18). The quantitative estimate of drug-likeness (QED) is 0.422. The van der Waals surface area contributed by atoms with Crippen molar-refractivity contribution in [3.05, 3.63) is 0 Å². The third-order valence-electron chi connectivity index (χ3n) is 2.45. The van der Waals surface area contributed by atoms with Crippen LogP contribution < -0.4 is 21.3 Å². The zero-order chi connectivity index (χ0) is 16.4. The van der Waals surface area contributed by atoms with Crippen LogP contribution in [0.3, 0.4) is 0 Å². The molecule has 0 saturated carbocycles. The monoisotopic (exact) mass is 318 g/mol. The summed E-state index contributed by atoms with van der Waals surface area (Å²) in [6, 6.07) is -1.36. The molecule has 0 aliphatic carbocycles. The second-order valence-electron chi connectivity index (χ2n) is 4.27. The van der Waals surface area contributed by atoms with E-state index in [1.165, 1.54) is 39.7 Å². The largest absolute Gasteiger partial charge is 0.357 e. The van der Waals surface area contributed by atoms with E-state index in [1.807, 2.05) is 0 Å². The molecule has 0 saturated heterocycles. The fourth-order valence-electron chi connectivity index (χ4n) is 1.51. The van der Waals surface area contributed by atoms with Crippen LogP contribution >= 0.6 is 11.8 Å². The van der Waals surface area contributed by atoms with Gasteiger partial charge in [0.1, 0.15) is 12.1 Å². The van der Waals surface area contributed by atoms with Crippen molar-refractivity contribution in [1.82, 2.24) is 21.3 Å². The Hall–Kier alpha value is -1.77. The van der Waals surface area contributed by atoms with E-state index in [9.17, 15) is 19.2 Å². The van der Waals surface area contributed by atoms with E-state index in [-0.39, 0.29) is 23.6 Å². The maximum absolute atomic E-state index is 11.6. The van der Waals surface area contributed by atoms with Crippen molar-refractivity contribution in [2.75, 3.05) is 25.6 Å². The van der Waals surface area contributed by atoms with Crippen LogP contribution in [0.15, 0.2) is 0 Å². The Kier molecular flexibility index (Phi) is 9.18. The second kappa shape index (κ2) is 10.0. The highest BCUT2D eigenvalue weighted by atomic mass is 32.2. The van der Waals surface area contributed by atoms with E-state index >= 15 is 0 Å². The summed E-state index contributed by atoms with van der Waals surface area (Å²) in [5.74, 6) is -0.649. The molecule has 0 aromatic heterocycles. The second-order valence-corrected chi connectivity index (χ2v) is 5.35. The van der Waals surface area contributed by atoms with E-state index in [1.54, 1.807) is 0 Å². The summed E-state index contributed by atoms with van der Waals surface area (Å²) in [5.41, 5.74) is 0. The van der Waals surface area contributed by atoms with Crippen molar-refractivity contribution in [3.8, 4) is 0 Å². The van der Waals surface area contributed by atoms with Crippen molar-refractivity contribution in [2.24, 2.45) is 0 Å².